The molecule has 0 spiro atoms. The fourth-order valence-corrected chi connectivity index (χ4v) is 3.29. The van der Waals surface area contributed by atoms with Crippen molar-refractivity contribution >= 4 is 5.57 Å². The Labute approximate surface area is 109 Å². The molecule has 2 aliphatic carbocycles. The van der Waals surface area contributed by atoms with Crippen molar-refractivity contribution in [2.24, 2.45) is 5.92 Å². The molecule has 0 saturated carbocycles. The number of methoxy groups -OCH3 is 1. The molecule has 0 aliphatic heterocycles. The maximum Gasteiger partial charge on any atom is 0.119 e. The summed E-state index contributed by atoms with van der Waals surface area (Å²) in [6.45, 7) is 2.28. The summed E-state index contributed by atoms with van der Waals surface area (Å²) in [7, 11) is 1.74. The van der Waals surface area contributed by atoms with Crippen LogP contribution in [-0.2, 0) is 6.42 Å². The van der Waals surface area contributed by atoms with Crippen LogP contribution in [0.15, 0.2) is 35.9 Å². The van der Waals surface area contributed by atoms with Gasteiger partial charge in [-0.1, -0.05) is 23.8 Å². The first-order valence-electron chi connectivity index (χ1n) is 6.83. The van der Waals surface area contributed by atoms with Gasteiger partial charge >= 0.3 is 0 Å². The Hall–Kier alpha value is -1.50. The standard InChI is InChI=1S/C17H20O/c1-12-16(13-5-3-4-6-13)9-7-14-11-15(18-2)8-10-17(12)14/h3,5,8,10-11,13H,4,6-7,9H2,1-2H3/t13-/m1/s1. The van der Waals surface area contributed by atoms with Crippen molar-refractivity contribution in [1.29, 1.82) is 0 Å². The minimum atomic E-state index is 0.695. The van der Waals surface area contributed by atoms with E-state index in [1.807, 2.05) is 0 Å². The Bertz CT molecular complexity index is 522. The van der Waals surface area contributed by atoms with Crippen molar-refractivity contribution in [1.82, 2.24) is 0 Å². The van der Waals surface area contributed by atoms with Crippen LogP contribution in [0.1, 0.15) is 37.3 Å². The molecule has 94 valence electrons. The number of hydrogen-bond donors (Lipinski definition) is 0. The van der Waals surface area contributed by atoms with E-state index < -0.39 is 0 Å². The molecule has 1 atom stereocenters. The second-order valence-electron chi connectivity index (χ2n) is 5.29. The van der Waals surface area contributed by atoms with Gasteiger partial charge in [0.2, 0.25) is 0 Å². The molecule has 0 radical (unpaired) electrons. The van der Waals surface area contributed by atoms with Crippen LogP contribution in [0, 0.1) is 5.92 Å². The average Bonchev–Trinajstić information content (AvgIpc) is 2.92. The Morgan fingerprint density at radius 3 is 2.83 bits per heavy atom. The summed E-state index contributed by atoms with van der Waals surface area (Å²) in [4.78, 5) is 0. The van der Waals surface area contributed by atoms with Gasteiger partial charge in [0.1, 0.15) is 5.75 Å². The topological polar surface area (TPSA) is 9.23 Å². The van der Waals surface area contributed by atoms with Crippen LogP contribution in [0.25, 0.3) is 5.57 Å². The van der Waals surface area contributed by atoms with Crippen LogP contribution >= 0.6 is 0 Å². The van der Waals surface area contributed by atoms with E-state index in [1.54, 1.807) is 12.7 Å². The predicted molar refractivity (Wildman–Crippen MR) is 75.8 cm³/mol. The quantitative estimate of drug-likeness (QED) is 0.697. The summed E-state index contributed by atoms with van der Waals surface area (Å²) in [6.07, 6.45) is 9.64. The third-order valence-electron chi connectivity index (χ3n) is 4.32. The molecule has 3 rings (SSSR count). The van der Waals surface area contributed by atoms with Gasteiger partial charge in [-0.05, 0) is 67.4 Å². The van der Waals surface area contributed by atoms with Crippen LogP contribution in [0.5, 0.6) is 5.75 Å². The molecule has 0 amide bonds. The molecule has 0 unspecified atom stereocenters. The van der Waals surface area contributed by atoms with Crippen LogP contribution in [0.3, 0.4) is 0 Å². The second-order valence-corrected chi connectivity index (χ2v) is 5.29. The molecule has 0 heterocycles. The lowest BCUT2D eigenvalue weighted by Crippen LogP contribution is -2.09. The summed E-state index contributed by atoms with van der Waals surface area (Å²) in [5, 5.41) is 0. The molecule has 0 bridgehead atoms. The number of aryl methyl sites for hydroxylation is 1. The highest BCUT2D eigenvalue weighted by Gasteiger charge is 2.22. The van der Waals surface area contributed by atoms with Crippen molar-refractivity contribution in [2.45, 2.75) is 32.6 Å². The number of rotatable bonds is 2. The zero-order chi connectivity index (χ0) is 12.5. The molecule has 0 fully saturated rings. The van der Waals surface area contributed by atoms with E-state index in [4.69, 9.17) is 4.74 Å². The van der Waals surface area contributed by atoms with Gasteiger partial charge in [0.25, 0.3) is 0 Å². The normalized spacial score (nSPS) is 22.2. The SMILES string of the molecule is COc1ccc2c(c1)CCC([C@@H]1C=CCC1)=C2C. The molecule has 1 aromatic rings. The lowest BCUT2D eigenvalue weighted by molar-refractivity contribution is 0.414. The molecule has 0 N–H and O–H groups in total. The van der Waals surface area contributed by atoms with E-state index in [1.165, 1.54) is 36.0 Å². The molecule has 0 saturated heterocycles. The Morgan fingerprint density at radius 1 is 1.22 bits per heavy atom. The van der Waals surface area contributed by atoms with Crippen molar-refractivity contribution in [3.8, 4) is 5.75 Å². The van der Waals surface area contributed by atoms with Gasteiger partial charge in [-0.15, -0.1) is 0 Å². The fraction of sp³-hybridized carbons (Fsp3) is 0.412. The minimum absolute atomic E-state index is 0.695. The highest BCUT2D eigenvalue weighted by atomic mass is 16.5. The lowest BCUT2D eigenvalue weighted by Gasteiger charge is -2.25. The predicted octanol–water partition coefficient (Wildman–Crippen LogP) is 4.38. The average molecular weight is 240 g/mol. The van der Waals surface area contributed by atoms with E-state index in [0.717, 1.165) is 12.2 Å². The Kier molecular flexibility index (Phi) is 2.99. The first-order chi connectivity index (χ1) is 8.79. The zero-order valence-electron chi connectivity index (χ0n) is 11.2. The molecule has 0 aromatic heterocycles. The van der Waals surface area contributed by atoms with Crippen LogP contribution in [-0.4, -0.2) is 7.11 Å². The highest BCUT2D eigenvalue weighted by molar-refractivity contribution is 5.73. The summed E-state index contributed by atoms with van der Waals surface area (Å²) in [6, 6.07) is 6.50. The van der Waals surface area contributed by atoms with Gasteiger partial charge in [-0.25, -0.2) is 0 Å². The molecule has 2 aliphatic rings. The number of allylic oxidation sites excluding steroid dienone is 4. The van der Waals surface area contributed by atoms with Crippen molar-refractivity contribution < 1.29 is 4.74 Å². The van der Waals surface area contributed by atoms with Gasteiger partial charge in [-0.3, -0.25) is 0 Å². The molecule has 1 aromatic carbocycles. The van der Waals surface area contributed by atoms with Crippen LogP contribution < -0.4 is 4.74 Å². The number of benzene rings is 1. The van der Waals surface area contributed by atoms with Gasteiger partial charge < -0.3 is 4.74 Å². The maximum absolute atomic E-state index is 5.31. The second kappa shape index (κ2) is 4.64. The zero-order valence-corrected chi connectivity index (χ0v) is 11.2. The lowest BCUT2D eigenvalue weighted by atomic mass is 9.80. The molecule has 18 heavy (non-hydrogen) atoms. The third kappa shape index (κ3) is 1.88. The first kappa shape index (κ1) is 11.6. The minimum Gasteiger partial charge on any atom is -0.497 e. The van der Waals surface area contributed by atoms with E-state index in [-0.39, 0.29) is 0 Å². The van der Waals surface area contributed by atoms with Crippen LogP contribution in [0.2, 0.25) is 0 Å². The van der Waals surface area contributed by atoms with E-state index in [9.17, 15) is 0 Å². The summed E-state index contributed by atoms with van der Waals surface area (Å²) >= 11 is 0. The third-order valence-corrected chi connectivity index (χ3v) is 4.32. The summed E-state index contributed by atoms with van der Waals surface area (Å²) in [5.41, 5.74) is 6.02. The van der Waals surface area contributed by atoms with Gasteiger partial charge in [0.15, 0.2) is 0 Å². The largest absolute Gasteiger partial charge is 0.497 e. The molecular weight excluding hydrogens is 220 g/mol. The van der Waals surface area contributed by atoms with Crippen molar-refractivity contribution in [2.75, 3.05) is 7.11 Å². The van der Waals surface area contributed by atoms with Crippen molar-refractivity contribution in [3.05, 3.63) is 47.1 Å². The molecular formula is C17H20O. The number of fused-ring (bicyclic) bond motifs is 1. The smallest absolute Gasteiger partial charge is 0.119 e. The van der Waals surface area contributed by atoms with E-state index in [0.29, 0.717) is 5.92 Å². The fourth-order valence-electron chi connectivity index (χ4n) is 3.29. The Morgan fingerprint density at radius 2 is 2.11 bits per heavy atom. The summed E-state index contributed by atoms with van der Waals surface area (Å²) < 4.78 is 5.31. The number of ether oxygens (including phenoxy) is 1. The first-order valence-corrected chi connectivity index (χ1v) is 6.83. The van der Waals surface area contributed by atoms with Crippen LogP contribution in [0.4, 0.5) is 0 Å². The maximum atomic E-state index is 5.31. The monoisotopic (exact) mass is 240 g/mol. The highest BCUT2D eigenvalue weighted by Crippen LogP contribution is 2.39. The Balaban J connectivity index is 2.00. The molecule has 1 heteroatoms. The van der Waals surface area contributed by atoms with E-state index >= 15 is 0 Å². The summed E-state index contributed by atoms with van der Waals surface area (Å²) in [5.74, 6) is 1.67. The van der Waals surface area contributed by atoms with Crippen molar-refractivity contribution in [3.63, 3.8) is 0 Å². The van der Waals surface area contributed by atoms with E-state index in [2.05, 4.69) is 37.3 Å². The van der Waals surface area contributed by atoms with Gasteiger partial charge in [0.05, 0.1) is 7.11 Å². The number of hydrogen-bond acceptors (Lipinski definition) is 1. The molecule has 1 nitrogen and oxygen atoms in total. The van der Waals surface area contributed by atoms with Gasteiger partial charge in [-0.2, -0.15) is 0 Å². The van der Waals surface area contributed by atoms with Gasteiger partial charge in [0, 0.05) is 0 Å².